The van der Waals surface area contributed by atoms with Gasteiger partial charge in [0.1, 0.15) is 5.82 Å². The van der Waals surface area contributed by atoms with Gasteiger partial charge in [-0.15, -0.1) is 0 Å². The summed E-state index contributed by atoms with van der Waals surface area (Å²) in [6.07, 6.45) is 6.56. The van der Waals surface area contributed by atoms with E-state index >= 15 is 0 Å². The van der Waals surface area contributed by atoms with Gasteiger partial charge in [-0.25, -0.2) is 15.0 Å². The van der Waals surface area contributed by atoms with Crippen molar-refractivity contribution >= 4 is 17.5 Å². The van der Waals surface area contributed by atoms with Crippen molar-refractivity contribution in [3.8, 4) is 0 Å². The third-order valence-corrected chi connectivity index (χ3v) is 3.47. The van der Waals surface area contributed by atoms with Crippen LogP contribution in [0.3, 0.4) is 0 Å². The zero-order valence-corrected chi connectivity index (χ0v) is 11.4. The Morgan fingerprint density at radius 1 is 1.32 bits per heavy atom. The minimum Gasteiger partial charge on any atom is -0.330 e. The number of anilines is 1. The van der Waals surface area contributed by atoms with E-state index in [1.807, 2.05) is 6.92 Å². The van der Waals surface area contributed by atoms with Crippen molar-refractivity contribution in [3.05, 3.63) is 29.1 Å². The molecule has 1 aliphatic rings. The van der Waals surface area contributed by atoms with Crippen molar-refractivity contribution in [1.82, 2.24) is 25.1 Å². The lowest BCUT2D eigenvalue weighted by Gasteiger charge is -2.33. The zero-order valence-electron chi connectivity index (χ0n) is 10.7. The molecule has 3 rings (SSSR count). The van der Waals surface area contributed by atoms with Gasteiger partial charge in [0.2, 0.25) is 5.95 Å². The number of nitrogens with zero attached hydrogens (tertiary/aromatic N) is 5. The number of aromatic amines is 1. The SMILES string of the molecule is Cc1nc([C@H]2CCCCN2c2ncc(Cl)cn2)n[nH]1. The van der Waals surface area contributed by atoms with E-state index < -0.39 is 0 Å². The van der Waals surface area contributed by atoms with Crippen LogP contribution in [-0.2, 0) is 0 Å². The molecular weight excluding hydrogens is 264 g/mol. The lowest BCUT2D eigenvalue weighted by atomic mass is 10.0. The summed E-state index contributed by atoms with van der Waals surface area (Å²) in [5.74, 6) is 2.34. The quantitative estimate of drug-likeness (QED) is 0.913. The van der Waals surface area contributed by atoms with Gasteiger partial charge >= 0.3 is 0 Å². The van der Waals surface area contributed by atoms with E-state index in [0.717, 1.165) is 31.0 Å². The summed E-state index contributed by atoms with van der Waals surface area (Å²) in [7, 11) is 0. The van der Waals surface area contributed by atoms with E-state index in [2.05, 4.69) is 30.0 Å². The van der Waals surface area contributed by atoms with Crippen LogP contribution in [0, 0.1) is 6.92 Å². The third kappa shape index (κ3) is 2.53. The second kappa shape index (κ2) is 5.13. The number of halogens is 1. The lowest BCUT2D eigenvalue weighted by molar-refractivity contribution is 0.450. The molecule has 0 unspecified atom stereocenters. The van der Waals surface area contributed by atoms with E-state index in [9.17, 15) is 0 Å². The summed E-state index contributed by atoms with van der Waals surface area (Å²) in [6.45, 7) is 2.82. The van der Waals surface area contributed by atoms with Crippen molar-refractivity contribution in [1.29, 1.82) is 0 Å². The molecule has 1 N–H and O–H groups in total. The van der Waals surface area contributed by atoms with Gasteiger partial charge in [-0.1, -0.05) is 11.6 Å². The molecule has 7 heteroatoms. The van der Waals surface area contributed by atoms with E-state index in [1.165, 1.54) is 6.42 Å². The highest BCUT2D eigenvalue weighted by atomic mass is 35.5. The fraction of sp³-hybridized carbons (Fsp3) is 0.500. The van der Waals surface area contributed by atoms with Gasteiger partial charge in [-0.3, -0.25) is 5.10 Å². The maximum absolute atomic E-state index is 5.83. The Balaban J connectivity index is 1.90. The van der Waals surface area contributed by atoms with Gasteiger partial charge in [0.05, 0.1) is 23.5 Å². The van der Waals surface area contributed by atoms with E-state index in [1.54, 1.807) is 12.4 Å². The molecule has 1 aliphatic heterocycles. The summed E-state index contributed by atoms with van der Waals surface area (Å²) >= 11 is 5.83. The van der Waals surface area contributed by atoms with Crippen LogP contribution in [0.15, 0.2) is 12.4 Å². The van der Waals surface area contributed by atoms with Gasteiger partial charge in [-0.2, -0.15) is 5.10 Å². The fourth-order valence-corrected chi connectivity index (χ4v) is 2.50. The average molecular weight is 279 g/mol. The van der Waals surface area contributed by atoms with Crippen LogP contribution in [0.4, 0.5) is 5.95 Å². The van der Waals surface area contributed by atoms with Crippen molar-refractivity contribution in [2.75, 3.05) is 11.4 Å². The second-order valence-corrected chi connectivity index (χ2v) is 5.12. The number of aryl methyl sites for hydroxylation is 1. The Morgan fingerprint density at radius 2 is 2.11 bits per heavy atom. The third-order valence-electron chi connectivity index (χ3n) is 3.28. The Morgan fingerprint density at radius 3 is 2.79 bits per heavy atom. The highest BCUT2D eigenvalue weighted by molar-refractivity contribution is 6.30. The smallest absolute Gasteiger partial charge is 0.225 e. The highest BCUT2D eigenvalue weighted by Gasteiger charge is 2.28. The van der Waals surface area contributed by atoms with Crippen LogP contribution in [0.1, 0.15) is 37.0 Å². The fourth-order valence-electron chi connectivity index (χ4n) is 2.40. The van der Waals surface area contributed by atoms with E-state index in [0.29, 0.717) is 11.0 Å². The molecule has 0 saturated carbocycles. The number of hydrogen-bond acceptors (Lipinski definition) is 5. The van der Waals surface area contributed by atoms with Crippen LogP contribution < -0.4 is 4.90 Å². The van der Waals surface area contributed by atoms with Gasteiger partial charge in [0.15, 0.2) is 5.82 Å². The summed E-state index contributed by atoms with van der Waals surface area (Å²) in [5, 5.41) is 7.72. The summed E-state index contributed by atoms with van der Waals surface area (Å²) in [5.41, 5.74) is 0. The van der Waals surface area contributed by atoms with Crippen LogP contribution in [-0.4, -0.2) is 31.7 Å². The minimum absolute atomic E-state index is 0.139. The molecule has 1 saturated heterocycles. The number of H-pyrrole nitrogens is 1. The van der Waals surface area contributed by atoms with Crippen molar-refractivity contribution in [2.24, 2.45) is 0 Å². The molecule has 0 radical (unpaired) electrons. The molecule has 1 atom stereocenters. The van der Waals surface area contributed by atoms with Crippen molar-refractivity contribution in [3.63, 3.8) is 0 Å². The zero-order chi connectivity index (χ0) is 13.2. The largest absolute Gasteiger partial charge is 0.330 e. The molecule has 0 aromatic carbocycles. The molecule has 0 aliphatic carbocycles. The van der Waals surface area contributed by atoms with Crippen molar-refractivity contribution in [2.45, 2.75) is 32.2 Å². The molecular formula is C12H15ClN6. The predicted molar refractivity (Wildman–Crippen MR) is 72.1 cm³/mol. The molecule has 100 valence electrons. The first kappa shape index (κ1) is 12.3. The molecule has 19 heavy (non-hydrogen) atoms. The Labute approximate surface area is 116 Å². The predicted octanol–water partition coefficient (Wildman–Crippen LogP) is 2.29. The first-order chi connectivity index (χ1) is 9.24. The highest BCUT2D eigenvalue weighted by Crippen LogP contribution is 2.31. The average Bonchev–Trinajstić information content (AvgIpc) is 2.86. The van der Waals surface area contributed by atoms with Gasteiger partial charge in [0.25, 0.3) is 0 Å². The number of nitrogens with one attached hydrogen (secondary N) is 1. The molecule has 0 bridgehead atoms. The number of hydrogen-bond donors (Lipinski definition) is 1. The molecule has 0 amide bonds. The summed E-state index contributed by atoms with van der Waals surface area (Å²) in [6, 6.07) is 0.139. The maximum atomic E-state index is 5.83. The molecule has 6 nitrogen and oxygen atoms in total. The Bertz CT molecular complexity index is 552. The first-order valence-corrected chi connectivity index (χ1v) is 6.75. The number of aromatic nitrogens is 5. The number of piperidine rings is 1. The first-order valence-electron chi connectivity index (χ1n) is 6.37. The van der Waals surface area contributed by atoms with Crippen LogP contribution in [0.25, 0.3) is 0 Å². The maximum Gasteiger partial charge on any atom is 0.225 e. The van der Waals surface area contributed by atoms with Crippen LogP contribution >= 0.6 is 11.6 Å². The molecule has 2 aromatic rings. The Kier molecular flexibility index (Phi) is 3.33. The summed E-state index contributed by atoms with van der Waals surface area (Å²) in [4.78, 5) is 15.2. The standard InChI is InChI=1S/C12H15ClN6/c1-8-16-11(18-17-8)10-4-2-3-5-19(10)12-14-6-9(13)7-15-12/h6-7,10H,2-5H2,1H3,(H,16,17,18)/t10-/m1/s1. The van der Waals surface area contributed by atoms with Crippen LogP contribution in [0.2, 0.25) is 5.02 Å². The molecule has 3 heterocycles. The second-order valence-electron chi connectivity index (χ2n) is 4.69. The minimum atomic E-state index is 0.139. The molecule has 0 spiro atoms. The number of rotatable bonds is 2. The molecule has 2 aromatic heterocycles. The molecule has 1 fully saturated rings. The normalized spacial score (nSPS) is 19.7. The van der Waals surface area contributed by atoms with Crippen molar-refractivity contribution < 1.29 is 0 Å². The van der Waals surface area contributed by atoms with E-state index in [4.69, 9.17) is 11.6 Å². The topological polar surface area (TPSA) is 70.6 Å². The van der Waals surface area contributed by atoms with Crippen LogP contribution in [0.5, 0.6) is 0 Å². The monoisotopic (exact) mass is 278 g/mol. The lowest BCUT2D eigenvalue weighted by Crippen LogP contribution is -2.35. The van der Waals surface area contributed by atoms with Gasteiger partial charge < -0.3 is 4.90 Å². The van der Waals surface area contributed by atoms with E-state index in [-0.39, 0.29) is 6.04 Å². The van der Waals surface area contributed by atoms with Gasteiger partial charge in [-0.05, 0) is 26.2 Å². The summed E-state index contributed by atoms with van der Waals surface area (Å²) < 4.78 is 0. The Hall–Kier alpha value is -1.69. The van der Waals surface area contributed by atoms with Gasteiger partial charge in [0, 0.05) is 6.54 Å².